The number of aliphatic hydroxyl groups excluding tert-OH is 2. The second-order valence-corrected chi connectivity index (χ2v) is 4.04. The Hall–Kier alpha value is -1.72. The Labute approximate surface area is 105 Å². The molecule has 1 rings (SSSR count). The molecule has 0 fully saturated rings. The van der Waals surface area contributed by atoms with Crippen LogP contribution in [-0.2, 0) is 9.53 Å². The van der Waals surface area contributed by atoms with E-state index in [2.05, 4.69) is 4.74 Å². The molecule has 5 heteroatoms. The third kappa shape index (κ3) is 3.38. The molecule has 1 aromatic carbocycles. The van der Waals surface area contributed by atoms with Crippen LogP contribution in [0.4, 0.5) is 0 Å². The topological polar surface area (TPSA) is 83.8 Å². The van der Waals surface area contributed by atoms with E-state index in [0.29, 0.717) is 17.4 Å². The molecule has 0 saturated carbocycles. The molecule has 0 aromatic heterocycles. The maximum Gasteiger partial charge on any atom is 0.308 e. The maximum atomic E-state index is 11.0. The van der Waals surface area contributed by atoms with Gasteiger partial charge in [0, 0.05) is 5.56 Å². The van der Waals surface area contributed by atoms with Crippen LogP contribution in [0.3, 0.4) is 0 Å². The number of esters is 1. The van der Waals surface area contributed by atoms with Crippen LogP contribution in [0, 0.1) is 6.92 Å². The largest absolute Gasteiger partial charge is 0.469 e. The van der Waals surface area contributed by atoms with E-state index < -0.39 is 18.2 Å². The lowest BCUT2D eigenvalue weighted by molar-refractivity contribution is -0.144. The fraction of sp³-hybridized carbons (Fsp3) is 0.385. The molecule has 0 saturated heterocycles. The molecule has 98 valence electrons. The maximum absolute atomic E-state index is 11.0. The molecule has 2 atom stereocenters. The molecule has 2 unspecified atom stereocenters. The number of rotatable bonds is 5. The second kappa shape index (κ2) is 6.28. The van der Waals surface area contributed by atoms with Crippen LogP contribution in [0.15, 0.2) is 18.2 Å². The van der Waals surface area contributed by atoms with Crippen LogP contribution in [0.25, 0.3) is 0 Å². The van der Waals surface area contributed by atoms with E-state index in [9.17, 15) is 19.8 Å². The molecule has 0 amide bonds. The van der Waals surface area contributed by atoms with E-state index in [-0.39, 0.29) is 6.42 Å². The van der Waals surface area contributed by atoms with Gasteiger partial charge in [-0.05, 0) is 18.6 Å². The molecule has 0 bridgehead atoms. The number of ether oxygens (including phenoxy) is 1. The van der Waals surface area contributed by atoms with Crippen molar-refractivity contribution in [3.8, 4) is 0 Å². The number of benzene rings is 1. The summed E-state index contributed by atoms with van der Waals surface area (Å²) in [5.74, 6) is -0.624. The zero-order chi connectivity index (χ0) is 13.7. The zero-order valence-electron chi connectivity index (χ0n) is 10.3. The number of aldehydes is 1. The lowest BCUT2D eigenvalue weighted by atomic mass is 9.96. The summed E-state index contributed by atoms with van der Waals surface area (Å²) in [7, 11) is 1.20. The van der Waals surface area contributed by atoms with E-state index >= 15 is 0 Å². The number of hydrogen-bond acceptors (Lipinski definition) is 5. The van der Waals surface area contributed by atoms with Crippen molar-refractivity contribution in [2.45, 2.75) is 25.6 Å². The minimum absolute atomic E-state index is 0.298. The fourth-order valence-electron chi connectivity index (χ4n) is 1.64. The molecular formula is C13H16O5. The number of aryl methyl sites for hydroxylation is 1. The first kappa shape index (κ1) is 14.3. The molecule has 0 aliphatic heterocycles. The normalized spacial score (nSPS) is 13.8. The van der Waals surface area contributed by atoms with Gasteiger partial charge in [-0.2, -0.15) is 0 Å². The summed E-state index contributed by atoms with van der Waals surface area (Å²) in [6.45, 7) is 1.81. The van der Waals surface area contributed by atoms with Gasteiger partial charge in [0.2, 0.25) is 0 Å². The number of carbonyl (C=O) groups excluding carboxylic acids is 2. The van der Waals surface area contributed by atoms with Crippen LogP contribution in [0.2, 0.25) is 0 Å². The Morgan fingerprint density at radius 2 is 2.11 bits per heavy atom. The molecule has 0 spiro atoms. The molecular weight excluding hydrogens is 236 g/mol. The van der Waals surface area contributed by atoms with E-state index in [1.807, 2.05) is 6.92 Å². The Kier molecular flexibility index (Phi) is 5.00. The highest BCUT2D eigenvalue weighted by molar-refractivity contribution is 5.78. The van der Waals surface area contributed by atoms with Crippen LogP contribution >= 0.6 is 0 Å². The Morgan fingerprint density at radius 1 is 1.44 bits per heavy atom. The van der Waals surface area contributed by atoms with Crippen LogP contribution < -0.4 is 0 Å². The van der Waals surface area contributed by atoms with Crippen molar-refractivity contribution in [3.63, 3.8) is 0 Å². The second-order valence-electron chi connectivity index (χ2n) is 4.04. The number of methoxy groups -OCH3 is 1. The molecule has 0 heterocycles. The van der Waals surface area contributed by atoms with Crippen molar-refractivity contribution < 1.29 is 24.5 Å². The summed E-state index contributed by atoms with van der Waals surface area (Å²) < 4.78 is 4.40. The van der Waals surface area contributed by atoms with Gasteiger partial charge >= 0.3 is 5.97 Å². The highest BCUT2D eigenvalue weighted by Gasteiger charge is 2.23. The third-order valence-corrected chi connectivity index (χ3v) is 2.66. The van der Waals surface area contributed by atoms with Crippen LogP contribution in [-0.4, -0.2) is 35.7 Å². The minimum atomic E-state index is -1.31. The lowest BCUT2D eigenvalue weighted by Gasteiger charge is -2.18. The fourth-order valence-corrected chi connectivity index (χ4v) is 1.64. The van der Waals surface area contributed by atoms with E-state index in [0.717, 1.165) is 5.56 Å². The van der Waals surface area contributed by atoms with E-state index in [1.165, 1.54) is 7.11 Å². The summed E-state index contributed by atoms with van der Waals surface area (Å²) in [6, 6.07) is 4.89. The summed E-state index contributed by atoms with van der Waals surface area (Å²) >= 11 is 0. The monoisotopic (exact) mass is 252 g/mol. The quantitative estimate of drug-likeness (QED) is 0.597. The average Bonchev–Trinajstić information content (AvgIpc) is 2.37. The summed E-state index contributed by atoms with van der Waals surface area (Å²) in [5, 5.41) is 19.6. The van der Waals surface area contributed by atoms with Gasteiger partial charge in [0.05, 0.1) is 19.6 Å². The van der Waals surface area contributed by atoms with Gasteiger partial charge in [0.15, 0.2) is 0 Å². The Morgan fingerprint density at radius 3 is 2.67 bits per heavy atom. The van der Waals surface area contributed by atoms with Crippen molar-refractivity contribution in [2.24, 2.45) is 0 Å². The Balaban J connectivity index is 2.92. The van der Waals surface area contributed by atoms with Gasteiger partial charge in [-0.15, -0.1) is 0 Å². The number of aliphatic hydroxyl groups is 2. The van der Waals surface area contributed by atoms with Gasteiger partial charge in [-0.3, -0.25) is 9.59 Å². The molecule has 2 N–H and O–H groups in total. The first-order valence-corrected chi connectivity index (χ1v) is 5.48. The first-order valence-electron chi connectivity index (χ1n) is 5.48. The van der Waals surface area contributed by atoms with E-state index in [4.69, 9.17) is 0 Å². The average molecular weight is 252 g/mol. The predicted octanol–water partition coefficient (Wildman–Crippen LogP) is 0.765. The smallest absolute Gasteiger partial charge is 0.308 e. The SMILES string of the molecule is COC(=O)CC(O)C(O)c1ccc(C)cc1C=O. The van der Waals surface area contributed by atoms with Crippen molar-refractivity contribution in [1.29, 1.82) is 0 Å². The van der Waals surface area contributed by atoms with Crippen molar-refractivity contribution in [1.82, 2.24) is 0 Å². The third-order valence-electron chi connectivity index (χ3n) is 2.66. The highest BCUT2D eigenvalue weighted by atomic mass is 16.5. The number of carbonyl (C=O) groups is 2. The zero-order valence-corrected chi connectivity index (χ0v) is 10.3. The minimum Gasteiger partial charge on any atom is -0.469 e. The summed E-state index contributed by atoms with van der Waals surface area (Å²) in [4.78, 5) is 21.9. The molecule has 0 aliphatic rings. The van der Waals surface area contributed by atoms with Gasteiger partial charge in [0.1, 0.15) is 12.4 Å². The standard InChI is InChI=1S/C13H16O5/c1-8-3-4-10(9(5-8)7-14)13(17)11(15)6-12(16)18-2/h3-5,7,11,13,15,17H,6H2,1-2H3. The van der Waals surface area contributed by atoms with Crippen LogP contribution in [0.5, 0.6) is 0 Å². The number of hydrogen-bond donors (Lipinski definition) is 2. The van der Waals surface area contributed by atoms with Gasteiger partial charge in [-0.1, -0.05) is 17.7 Å². The molecule has 0 aliphatic carbocycles. The molecule has 0 radical (unpaired) electrons. The predicted molar refractivity (Wildman–Crippen MR) is 64.2 cm³/mol. The van der Waals surface area contributed by atoms with Gasteiger partial charge in [0.25, 0.3) is 0 Å². The first-order chi connectivity index (χ1) is 8.49. The summed E-state index contributed by atoms with van der Waals surface area (Å²) in [6.07, 6.45) is -2.33. The van der Waals surface area contributed by atoms with Crippen LogP contribution in [0.1, 0.15) is 34.0 Å². The molecule has 18 heavy (non-hydrogen) atoms. The lowest BCUT2D eigenvalue weighted by Crippen LogP contribution is -2.23. The molecule has 1 aromatic rings. The summed E-state index contributed by atoms with van der Waals surface area (Å²) in [5.41, 5.74) is 1.47. The van der Waals surface area contributed by atoms with Crippen molar-refractivity contribution in [3.05, 3.63) is 34.9 Å². The van der Waals surface area contributed by atoms with E-state index in [1.54, 1.807) is 18.2 Å². The van der Waals surface area contributed by atoms with Crippen molar-refractivity contribution >= 4 is 12.3 Å². The van der Waals surface area contributed by atoms with Gasteiger partial charge < -0.3 is 14.9 Å². The van der Waals surface area contributed by atoms with Crippen molar-refractivity contribution in [2.75, 3.05) is 7.11 Å². The van der Waals surface area contributed by atoms with Gasteiger partial charge in [-0.25, -0.2) is 0 Å². The Bertz CT molecular complexity index is 441. The molecule has 5 nitrogen and oxygen atoms in total. The highest BCUT2D eigenvalue weighted by Crippen LogP contribution is 2.23.